The highest BCUT2D eigenvalue weighted by atomic mass is 16.5. The van der Waals surface area contributed by atoms with Crippen LogP contribution in [0.3, 0.4) is 0 Å². The third kappa shape index (κ3) is 6.78. The monoisotopic (exact) mass is 536 g/mol. The number of methoxy groups -OCH3 is 2. The number of urea groups is 1. The molecule has 0 radical (unpaired) electrons. The lowest BCUT2D eigenvalue weighted by Gasteiger charge is -2.32. The zero-order valence-corrected chi connectivity index (χ0v) is 23.3. The van der Waals surface area contributed by atoms with Crippen LogP contribution < -0.4 is 24.8 Å². The quantitative estimate of drug-likeness (QED) is 0.458. The number of piperidine rings is 1. The number of carbonyl (C=O) groups excluding carboxylic acids is 2. The van der Waals surface area contributed by atoms with Crippen molar-refractivity contribution >= 4 is 23.4 Å². The van der Waals surface area contributed by atoms with Crippen LogP contribution in [-0.2, 0) is 12.5 Å². The van der Waals surface area contributed by atoms with E-state index in [0.29, 0.717) is 54.6 Å². The van der Waals surface area contributed by atoms with E-state index in [1.165, 1.54) is 14.2 Å². The number of aromatic nitrogens is 3. The van der Waals surface area contributed by atoms with Crippen LogP contribution >= 0.6 is 0 Å². The van der Waals surface area contributed by atoms with Crippen LogP contribution in [0.2, 0.25) is 0 Å². The van der Waals surface area contributed by atoms with Crippen molar-refractivity contribution in [3.05, 3.63) is 53.7 Å². The number of anilines is 2. The second kappa shape index (κ2) is 11.6. The topological polar surface area (TPSA) is 120 Å². The summed E-state index contributed by atoms with van der Waals surface area (Å²) in [6.07, 6.45) is 1.37. The number of carbonyl (C=O) groups is 2. The highest BCUT2D eigenvalue weighted by molar-refractivity contribution is 5.99. The number of hydrogen-bond acceptors (Lipinski definition) is 7. The fourth-order valence-corrected chi connectivity index (χ4v) is 4.24. The number of likely N-dealkylation sites (tertiary alicyclic amines) is 1. The molecule has 1 aliphatic rings. The molecule has 11 nitrogen and oxygen atoms in total. The Morgan fingerprint density at radius 1 is 0.974 bits per heavy atom. The van der Waals surface area contributed by atoms with Gasteiger partial charge in [0, 0.05) is 56.2 Å². The van der Waals surface area contributed by atoms with E-state index in [1.54, 1.807) is 40.9 Å². The summed E-state index contributed by atoms with van der Waals surface area (Å²) < 4.78 is 18.2. The van der Waals surface area contributed by atoms with Crippen molar-refractivity contribution in [2.24, 2.45) is 7.05 Å². The molecular weight excluding hydrogens is 500 g/mol. The number of rotatable bonds is 7. The Morgan fingerprint density at radius 3 is 2.26 bits per heavy atom. The molecule has 0 aliphatic carbocycles. The molecule has 11 heteroatoms. The molecule has 4 rings (SSSR count). The standard InChI is InChI=1S/C28H36N6O5/c1-28(2,3)22-17-23(33(4)32-22)30-27(36)29-18-7-9-19(10-8-18)39-20-13-15-34(16-14-20)26(35)21-11-12-24(37-5)31-25(21)38-6/h7-12,17,20H,13-16H2,1-6H3,(H2,29,30,36). The number of pyridine rings is 1. The largest absolute Gasteiger partial charge is 0.490 e. The van der Waals surface area contributed by atoms with E-state index in [2.05, 4.69) is 41.5 Å². The smallest absolute Gasteiger partial charge is 0.324 e. The van der Waals surface area contributed by atoms with Crippen molar-refractivity contribution in [2.75, 3.05) is 37.9 Å². The first-order chi connectivity index (χ1) is 18.6. The van der Waals surface area contributed by atoms with E-state index in [4.69, 9.17) is 14.2 Å². The van der Waals surface area contributed by atoms with Crippen LogP contribution in [-0.4, -0.2) is 65.0 Å². The Bertz CT molecular complexity index is 1310. The van der Waals surface area contributed by atoms with Crippen LogP contribution in [0.15, 0.2) is 42.5 Å². The number of hydrogen-bond donors (Lipinski definition) is 2. The zero-order valence-electron chi connectivity index (χ0n) is 23.3. The van der Waals surface area contributed by atoms with Crippen LogP contribution in [0, 0.1) is 0 Å². The first-order valence-electron chi connectivity index (χ1n) is 12.8. The van der Waals surface area contributed by atoms with Gasteiger partial charge in [-0.3, -0.25) is 14.8 Å². The molecule has 3 amide bonds. The predicted octanol–water partition coefficient (Wildman–Crippen LogP) is 4.46. The maximum atomic E-state index is 13.0. The predicted molar refractivity (Wildman–Crippen MR) is 148 cm³/mol. The lowest BCUT2D eigenvalue weighted by atomic mass is 9.92. The molecule has 0 bridgehead atoms. The summed E-state index contributed by atoms with van der Waals surface area (Å²) in [6, 6.07) is 12.1. The zero-order chi connectivity index (χ0) is 28.2. The molecule has 0 atom stereocenters. The van der Waals surface area contributed by atoms with Crippen molar-refractivity contribution in [1.82, 2.24) is 19.7 Å². The van der Waals surface area contributed by atoms with E-state index in [9.17, 15) is 9.59 Å². The summed E-state index contributed by atoms with van der Waals surface area (Å²) in [6.45, 7) is 7.34. The van der Waals surface area contributed by atoms with E-state index in [1.807, 2.05) is 18.2 Å². The Morgan fingerprint density at radius 2 is 1.67 bits per heavy atom. The number of benzene rings is 1. The van der Waals surface area contributed by atoms with Gasteiger partial charge in [0.25, 0.3) is 5.91 Å². The summed E-state index contributed by atoms with van der Waals surface area (Å²) in [4.78, 5) is 31.5. The molecule has 2 N–H and O–H groups in total. The van der Waals surface area contributed by atoms with Gasteiger partial charge in [0.2, 0.25) is 11.8 Å². The number of ether oxygens (including phenoxy) is 3. The molecule has 1 saturated heterocycles. The van der Waals surface area contributed by atoms with Crippen molar-refractivity contribution in [2.45, 2.75) is 45.1 Å². The van der Waals surface area contributed by atoms with E-state index in [0.717, 1.165) is 5.69 Å². The number of amides is 3. The van der Waals surface area contributed by atoms with Crippen molar-refractivity contribution in [1.29, 1.82) is 0 Å². The average Bonchev–Trinajstić information content (AvgIpc) is 3.29. The van der Waals surface area contributed by atoms with Gasteiger partial charge in [-0.15, -0.1) is 0 Å². The molecule has 0 unspecified atom stereocenters. The van der Waals surface area contributed by atoms with Crippen LogP contribution in [0.25, 0.3) is 0 Å². The van der Waals surface area contributed by atoms with Crippen LogP contribution in [0.4, 0.5) is 16.3 Å². The molecule has 0 spiro atoms. The van der Waals surface area contributed by atoms with Crippen LogP contribution in [0.1, 0.15) is 49.7 Å². The minimum atomic E-state index is -0.354. The van der Waals surface area contributed by atoms with Gasteiger partial charge in [0.1, 0.15) is 23.2 Å². The number of nitrogens with one attached hydrogen (secondary N) is 2. The van der Waals surface area contributed by atoms with Gasteiger partial charge in [0.15, 0.2) is 0 Å². The molecule has 39 heavy (non-hydrogen) atoms. The molecule has 0 saturated carbocycles. The van der Waals surface area contributed by atoms with Gasteiger partial charge < -0.3 is 24.4 Å². The molecule has 3 aromatic rings. The number of aryl methyl sites for hydroxylation is 1. The summed E-state index contributed by atoms with van der Waals surface area (Å²) in [7, 11) is 4.79. The van der Waals surface area contributed by atoms with E-state index in [-0.39, 0.29) is 29.3 Å². The maximum Gasteiger partial charge on any atom is 0.324 e. The third-order valence-electron chi connectivity index (χ3n) is 6.50. The lowest BCUT2D eigenvalue weighted by molar-refractivity contribution is 0.0592. The SMILES string of the molecule is COc1ccc(C(=O)N2CCC(Oc3ccc(NC(=O)Nc4cc(C(C)(C)C)nn4C)cc3)CC2)c(OC)n1. The fourth-order valence-electron chi connectivity index (χ4n) is 4.24. The Labute approximate surface area is 228 Å². The van der Waals surface area contributed by atoms with Gasteiger partial charge in [-0.05, 0) is 30.3 Å². The van der Waals surface area contributed by atoms with Crippen molar-refractivity contribution < 1.29 is 23.8 Å². The highest BCUT2D eigenvalue weighted by Crippen LogP contribution is 2.26. The normalized spacial score (nSPS) is 14.1. The summed E-state index contributed by atoms with van der Waals surface area (Å²) in [5.74, 6) is 1.82. The summed E-state index contributed by atoms with van der Waals surface area (Å²) in [5, 5.41) is 10.1. The first kappa shape index (κ1) is 27.7. The van der Waals surface area contributed by atoms with E-state index < -0.39 is 0 Å². The Balaban J connectivity index is 1.27. The van der Waals surface area contributed by atoms with Gasteiger partial charge in [-0.25, -0.2) is 4.79 Å². The van der Waals surface area contributed by atoms with Crippen LogP contribution in [0.5, 0.6) is 17.5 Å². The third-order valence-corrected chi connectivity index (χ3v) is 6.50. The fraction of sp³-hybridized carbons (Fsp3) is 0.429. The molecule has 1 aliphatic heterocycles. The molecule has 2 aromatic heterocycles. The van der Waals surface area contributed by atoms with Gasteiger partial charge in [0.05, 0.1) is 19.9 Å². The van der Waals surface area contributed by atoms with Gasteiger partial charge >= 0.3 is 6.03 Å². The van der Waals surface area contributed by atoms with Gasteiger partial charge in [-0.2, -0.15) is 10.1 Å². The van der Waals surface area contributed by atoms with Crippen molar-refractivity contribution in [3.63, 3.8) is 0 Å². The number of nitrogens with zero attached hydrogens (tertiary/aromatic N) is 4. The Kier molecular flexibility index (Phi) is 8.27. The minimum Gasteiger partial charge on any atom is -0.490 e. The molecule has 1 aromatic carbocycles. The van der Waals surface area contributed by atoms with E-state index >= 15 is 0 Å². The second-order valence-corrected chi connectivity index (χ2v) is 10.4. The average molecular weight is 537 g/mol. The molecule has 3 heterocycles. The Hall–Kier alpha value is -4.28. The lowest BCUT2D eigenvalue weighted by Crippen LogP contribution is -2.42. The van der Waals surface area contributed by atoms with Crippen molar-refractivity contribution in [3.8, 4) is 17.5 Å². The molecule has 208 valence electrons. The second-order valence-electron chi connectivity index (χ2n) is 10.4. The highest BCUT2D eigenvalue weighted by Gasteiger charge is 2.27. The van der Waals surface area contributed by atoms with Gasteiger partial charge in [-0.1, -0.05) is 20.8 Å². The summed E-state index contributed by atoms with van der Waals surface area (Å²) in [5.41, 5.74) is 1.83. The molecule has 1 fully saturated rings. The summed E-state index contributed by atoms with van der Waals surface area (Å²) >= 11 is 0. The first-order valence-corrected chi connectivity index (χ1v) is 12.8. The maximum absolute atomic E-state index is 13.0. The molecular formula is C28H36N6O5. The minimum absolute atomic E-state index is 0.0195.